The molecule has 0 aliphatic heterocycles. The van der Waals surface area contributed by atoms with Gasteiger partial charge in [0.2, 0.25) is 0 Å². The molecule has 0 heterocycles. The predicted octanol–water partition coefficient (Wildman–Crippen LogP) is 3.98. The van der Waals surface area contributed by atoms with Gasteiger partial charge in [-0.2, -0.15) is 5.26 Å². The molecule has 3 heteroatoms. The van der Waals surface area contributed by atoms with E-state index in [1.165, 1.54) is 6.08 Å². The van der Waals surface area contributed by atoms with Crippen molar-refractivity contribution in [2.45, 2.75) is 6.42 Å². The number of nitrogens with zero attached hydrogens (tertiary/aromatic N) is 1. The van der Waals surface area contributed by atoms with Crippen molar-refractivity contribution in [3.05, 3.63) is 78.9 Å². The minimum Gasteiger partial charge on any atom is -0.478 e. The van der Waals surface area contributed by atoms with E-state index in [2.05, 4.69) is 13.2 Å². The molecule has 1 aromatic rings. The second-order valence-corrected chi connectivity index (χ2v) is 4.52. The van der Waals surface area contributed by atoms with E-state index in [-0.39, 0.29) is 5.57 Å². The van der Waals surface area contributed by atoms with Gasteiger partial charge in [0, 0.05) is 17.1 Å². The van der Waals surface area contributed by atoms with Crippen LogP contribution in [0.25, 0.3) is 6.08 Å². The molecule has 0 aliphatic carbocycles. The monoisotopic (exact) mass is 279 g/mol. The Balaban J connectivity index is 3.28. The van der Waals surface area contributed by atoms with E-state index in [1.807, 2.05) is 42.5 Å². The van der Waals surface area contributed by atoms with E-state index in [1.54, 1.807) is 18.2 Å². The quantitative estimate of drug-likeness (QED) is 0.466. The number of nitriles is 1. The number of carboxylic acids is 1. The standard InChI is InChI=1S/C18H17NO2/c1-3-11-18(12-7-14-19,15(2)17(20)21)13-10-16-8-5-4-6-9-16/h3-10,12-13H,1-2,11H2,(H,20,21). The molecule has 0 spiro atoms. The lowest BCUT2D eigenvalue weighted by atomic mass is 9.76. The first-order valence-corrected chi connectivity index (χ1v) is 6.41. The first kappa shape index (κ1) is 16.2. The fraction of sp³-hybridized carbons (Fsp3) is 0.111. The lowest BCUT2D eigenvalue weighted by Crippen LogP contribution is -2.22. The topological polar surface area (TPSA) is 61.1 Å². The van der Waals surface area contributed by atoms with Crippen molar-refractivity contribution in [3.63, 3.8) is 0 Å². The van der Waals surface area contributed by atoms with Crippen LogP contribution in [-0.2, 0) is 4.79 Å². The maximum Gasteiger partial charge on any atom is 0.332 e. The summed E-state index contributed by atoms with van der Waals surface area (Å²) in [6.45, 7) is 7.32. The molecule has 1 unspecified atom stereocenters. The van der Waals surface area contributed by atoms with Gasteiger partial charge in [0.25, 0.3) is 0 Å². The molecule has 1 atom stereocenters. The molecule has 21 heavy (non-hydrogen) atoms. The van der Waals surface area contributed by atoms with Gasteiger partial charge < -0.3 is 5.11 Å². The van der Waals surface area contributed by atoms with E-state index in [4.69, 9.17) is 5.26 Å². The summed E-state index contributed by atoms with van der Waals surface area (Å²) in [7, 11) is 0. The second kappa shape index (κ2) is 7.66. The van der Waals surface area contributed by atoms with E-state index < -0.39 is 11.4 Å². The molecule has 1 N–H and O–H groups in total. The largest absolute Gasteiger partial charge is 0.478 e. The maximum atomic E-state index is 11.3. The van der Waals surface area contributed by atoms with Gasteiger partial charge in [-0.1, -0.05) is 61.2 Å². The molecule has 0 amide bonds. The molecule has 0 bridgehead atoms. The Hall–Kier alpha value is -2.86. The Kier molecular flexibility index (Phi) is 5.91. The number of carboxylic acid groups (broad SMARTS) is 1. The number of hydrogen-bond donors (Lipinski definition) is 1. The number of carbonyl (C=O) groups is 1. The van der Waals surface area contributed by atoms with Crippen LogP contribution in [0.3, 0.4) is 0 Å². The summed E-state index contributed by atoms with van der Waals surface area (Å²) in [5.41, 5.74) is -0.0188. The van der Waals surface area contributed by atoms with Crippen LogP contribution in [0.1, 0.15) is 12.0 Å². The van der Waals surface area contributed by atoms with Gasteiger partial charge in [-0.3, -0.25) is 0 Å². The zero-order valence-electron chi connectivity index (χ0n) is 11.7. The van der Waals surface area contributed by atoms with E-state index in [9.17, 15) is 9.90 Å². The highest BCUT2D eigenvalue weighted by atomic mass is 16.4. The molecule has 3 nitrogen and oxygen atoms in total. The van der Waals surface area contributed by atoms with Gasteiger partial charge in [0.05, 0.1) is 6.07 Å². The van der Waals surface area contributed by atoms with Crippen LogP contribution >= 0.6 is 0 Å². The zero-order chi connectivity index (χ0) is 15.7. The molecular weight excluding hydrogens is 262 g/mol. The SMILES string of the molecule is C=CCC(C=CC#N)(C=Cc1ccccc1)C(=C)C(=O)O. The maximum absolute atomic E-state index is 11.3. The van der Waals surface area contributed by atoms with Gasteiger partial charge >= 0.3 is 5.97 Å². The van der Waals surface area contributed by atoms with Gasteiger partial charge in [0.1, 0.15) is 0 Å². The van der Waals surface area contributed by atoms with E-state index >= 15 is 0 Å². The molecule has 0 aromatic heterocycles. The minimum absolute atomic E-state index is 0.00100. The Bertz CT molecular complexity index is 620. The summed E-state index contributed by atoms with van der Waals surface area (Å²) in [4.78, 5) is 11.3. The molecule has 0 radical (unpaired) electrons. The second-order valence-electron chi connectivity index (χ2n) is 4.52. The Morgan fingerprint density at radius 2 is 2.00 bits per heavy atom. The smallest absolute Gasteiger partial charge is 0.332 e. The third-order valence-electron chi connectivity index (χ3n) is 3.13. The Morgan fingerprint density at radius 3 is 2.52 bits per heavy atom. The molecule has 1 aromatic carbocycles. The van der Waals surface area contributed by atoms with Gasteiger partial charge in [0.15, 0.2) is 0 Å². The van der Waals surface area contributed by atoms with Gasteiger partial charge in [-0.15, -0.1) is 6.58 Å². The molecular formula is C18H17NO2. The Labute approximate surface area is 124 Å². The first-order chi connectivity index (χ1) is 10.1. The zero-order valence-corrected chi connectivity index (χ0v) is 11.7. The van der Waals surface area contributed by atoms with Crippen LogP contribution in [0.4, 0.5) is 0 Å². The number of allylic oxidation sites excluding steroid dienone is 4. The number of aliphatic carboxylic acids is 1. The van der Waals surface area contributed by atoms with Crippen LogP contribution < -0.4 is 0 Å². The summed E-state index contributed by atoms with van der Waals surface area (Å²) in [6, 6.07) is 11.4. The lowest BCUT2D eigenvalue weighted by molar-refractivity contribution is -0.133. The summed E-state index contributed by atoms with van der Waals surface area (Å²) < 4.78 is 0. The molecule has 1 rings (SSSR count). The van der Waals surface area contributed by atoms with Crippen molar-refractivity contribution in [3.8, 4) is 6.07 Å². The van der Waals surface area contributed by atoms with Crippen LogP contribution in [0.15, 0.2) is 73.4 Å². The Morgan fingerprint density at radius 1 is 1.33 bits per heavy atom. The third kappa shape index (κ3) is 4.32. The van der Waals surface area contributed by atoms with Crippen molar-refractivity contribution in [1.82, 2.24) is 0 Å². The molecule has 0 fully saturated rings. The van der Waals surface area contributed by atoms with Crippen molar-refractivity contribution < 1.29 is 9.90 Å². The summed E-state index contributed by atoms with van der Waals surface area (Å²) in [5, 5.41) is 18.0. The third-order valence-corrected chi connectivity index (χ3v) is 3.13. The first-order valence-electron chi connectivity index (χ1n) is 6.41. The fourth-order valence-corrected chi connectivity index (χ4v) is 1.95. The van der Waals surface area contributed by atoms with Crippen LogP contribution in [0.5, 0.6) is 0 Å². The van der Waals surface area contributed by atoms with Crippen molar-refractivity contribution in [2.24, 2.45) is 5.41 Å². The van der Waals surface area contributed by atoms with Gasteiger partial charge in [-0.25, -0.2) is 4.79 Å². The molecule has 0 saturated carbocycles. The van der Waals surface area contributed by atoms with Crippen molar-refractivity contribution >= 4 is 12.0 Å². The van der Waals surface area contributed by atoms with Crippen LogP contribution in [0.2, 0.25) is 0 Å². The summed E-state index contributed by atoms with van der Waals surface area (Å²) in [6.07, 6.45) is 8.34. The highest BCUT2D eigenvalue weighted by Gasteiger charge is 2.30. The van der Waals surface area contributed by atoms with Crippen LogP contribution in [-0.4, -0.2) is 11.1 Å². The van der Waals surface area contributed by atoms with E-state index in [0.717, 1.165) is 5.56 Å². The van der Waals surface area contributed by atoms with Crippen molar-refractivity contribution in [2.75, 3.05) is 0 Å². The summed E-state index contributed by atoms with van der Waals surface area (Å²) >= 11 is 0. The predicted molar refractivity (Wildman–Crippen MR) is 84.3 cm³/mol. The highest BCUT2D eigenvalue weighted by Crippen LogP contribution is 2.35. The minimum atomic E-state index is -1.10. The van der Waals surface area contributed by atoms with E-state index in [0.29, 0.717) is 6.42 Å². The molecule has 0 saturated heterocycles. The highest BCUT2D eigenvalue weighted by molar-refractivity contribution is 5.89. The molecule has 106 valence electrons. The fourth-order valence-electron chi connectivity index (χ4n) is 1.95. The molecule has 0 aliphatic rings. The van der Waals surface area contributed by atoms with Crippen LogP contribution in [0, 0.1) is 16.7 Å². The lowest BCUT2D eigenvalue weighted by Gasteiger charge is -2.26. The average Bonchev–Trinajstić information content (AvgIpc) is 2.50. The average molecular weight is 279 g/mol. The number of hydrogen-bond acceptors (Lipinski definition) is 2. The van der Waals surface area contributed by atoms with Crippen molar-refractivity contribution in [1.29, 1.82) is 5.26 Å². The summed E-state index contributed by atoms with van der Waals surface area (Å²) in [5.74, 6) is -1.10. The number of rotatable bonds is 7. The normalized spacial score (nSPS) is 13.7. The van der Waals surface area contributed by atoms with Gasteiger partial charge in [-0.05, 0) is 12.0 Å². The number of benzene rings is 1.